The molecule has 9 heteroatoms. The van der Waals surface area contributed by atoms with E-state index in [1.54, 1.807) is 0 Å². The van der Waals surface area contributed by atoms with Gasteiger partial charge < -0.3 is 9.29 Å². The Morgan fingerprint density at radius 2 is 1.63 bits per heavy atom. The van der Waals surface area contributed by atoms with E-state index in [4.69, 9.17) is 5.11 Å². The highest BCUT2D eigenvalue weighted by atomic mass is 32.2. The van der Waals surface area contributed by atoms with Crippen LogP contribution >= 0.6 is 0 Å². The van der Waals surface area contributed by atoms with Crippen molar-refractivity contribution in [2.24, 2.45) is 0 Å². The normalized spacial score (nSPS) is 22.5. The Balaban J connectivity index is 3.10. The number of alkyl halides is 3. The summed E-state index contributed by atoms with van der Waals surface area (Å²) in [6.45, 7) is 0. The zero-order valence-electron chi connectivity index (χ0n) is 9.86. The fourth-order valence-electron chi connectivity index (χ4n) is 1.73. The smallest absolute Gasteiger partial charge is 0.478 e. The van der Waals surface area contributed by atoms with Gasteiger partial charge in [-0.15, -0.1) is 0 Å². The first kappa shape index (κ1) is 15.8. The molecule has 5 nitrogen and oxygen atoms in total. The molecule has 0 fully saturated rings. The van der Waals surface area contributed by atoms with Crippen LogP contribution in [0.5, 0.6) is 0 Å². The number of rotatable bonds is 3. The molecule has 0 saturated carbocycles. The van der Waals surface area contributed by atoms with Crippen LogP contribution in [0.3, 0.4) is 0 Å². The minimum Gasteiger partial charge on any atom is -0.478 e. The van der Waals surface area contributed by atoms with Crippen LogP contribution in [-0.2, 0) is 19.1 Å². The fourth-order valence-corrected chi connectivity index (χ4v) is 2.27. The number of allylic oxidation sites excluding steroid dienone is 1. The van der Waals surface area contributed by atoms with E-state index in [2.05, 4.69) is 4.18 Å². The molecule has 1 rings (SSSR count). The van der Waals surface area contributed by atoms with Gasteiger partial charge in [0.15, 0.2) is 0 Å². The molecule has 0 heterocycles. The Kier molecular flexibility index (Phi) is 4.83. The summed E-state index contributed by atoms with van der Waals surface area (Å²) < 4.78 is 62.5. The molecule has 0 unspecified atom stereocenters. The Morgan fingerprint density at radius 1 is 1.11 bits per heavy atom. The summed E-state index contributed by atoms with van der Waals surface area (Å²) in [5, 5.41) is 8.91. The molecular weight excluding hydrogens is 289 g/mol. The van der Waals surface area contributed by atoms with Gasteiger partial charge in [-0.25, -0.2) is 4.79 Å². The van der Waals surface area contributed by atoms with Crippen molar-refractivity contribution >= 4 is 16.1 Å². The van der Waals surface area contributed by atoms with Crippen molar-refractivity contribution in [3.8, 4) is 0 Å². The first-order valence-corrected chi connectivity index (χ1v) is 7.02. The first-order chi connectivity index (χ1) is 8.65. The highest BCUT2D eigenvalue weighted by molar-refractivity contribution is 7.87. The zero-order chi connectivity index (χ0) is 14.7. The van der Waals surface area contributed by atoms with Gasteiger partial charge in [-0.1, -0.05) is 12.8 Å². The Morgan fingerprint density at radius 3 is 2.11 bits per heavy atom. The second-order valence-corrected chi connectivity index (χ2v) is 5.64. The van der Waals surface area contributed by atoms with Gasteiger partial charge in [0.25, 0.3) is 0 Å². The number of carboxylic acid groups (broad SMARTS) is 1. The SMILES string of the molecule is O=C(O)/C1=C(\OS(=O)(=O)C(F)(F)F)CCCCCC1. The molecule has 0 bridgehead atoms. The molecule has 0 aromatic carbocycles. The topological polar surface area (TPSA) is 80.7 Å². The molecule has 1 aliphatic rings. The van der Waals surface area contributed by atoms with Crippen LogP contribution in [0.4, 0.5) is 13.2 Å². The van der Waals surface area contributed by atoms with E-state index < -0.39 is 32.9 Å². The summed E-state index contributed by atoms with van der Waals surface area (Å²) in [4.78, 5) is 11.0. The summed E-state index contributed by atoms with van der Waals surface area (Å²) in [6.07, 6.45) is 2.16. The van der Waals surface area contributed by atoms with Crippen molar-refractivity contribution in [3.05, 3.63) is 11.3 Å². The number of halogens is 3. The Bertz CT molecular complexity index is 478. The lowest BCUT2D eigenvalue weighted by atomic mass is 9.99. The second kappa shape index (κ2) is 5.81. The highest BCUT2D eigenvalue weighted by Crippen LogP contribution is 2.31. The van der Waals surface area contributed by atoms with E-state index in [1.165, 1.54) is 0 Å². The molecule has 0 amide bonds. The summed E-state index contributed by atoms with van der Waals surface area (Å²) in [6, 6.07) is 0. The highest BCUT2D eigenvalue weighted by Gasteiger charge is 2.49. The van der Waals surface area contributed by atoms with Gasteiger partial charge in [-0.3, -0.25) is 0 Å². The lowest BCUT2D eigenvalue weighted by Crippen LogP contribution is -2.26. The molecular formula is C10H13F3O5S. The van der Waals surface area contributed by atoms with Gasteiger partial charge in [0, 0.05) is 6.42 Å². The quantitative estimate of drug-likeness (QED) is 0.640. The summed E-state index contributed by atoms with van der Waals surface area (Å²) >= 11 is 0. The standard InChI is InChI=1S/C10H13F3O5S/c11-10(12,13)19(16,17)18-8-6-4-2-1-3-5-7(8)9(14)15/h1-6H2,(H,14,15)/b8-7-. The lowest BCUT2D eigenvalue weighted by Gasteiger charge is -2.17. The molecule has 0 radical (unpaired) electrons. The van der Waals surface area contributed by atoms with Crippen molar-refractivity contribution in [2.45, 2.75) is 44.0 Å². The third kappa shape index (κ3) is 4.12. The van der Waals surface area contributed by atoms with Gasteiger partial charge >= 0.3 is 21.6 Å². The average Bonchev–Trinajstić information content (AvgIpc) is 2.19. The van der Waals surface area contributed by atoms with Crippen molar-refractivity contribution in [2.75, 3.05) is 0 Å². The van der Waals surface area contributed by atoms with Crippen LogP contribution < -0.4 is 0 Å². The summed E-state index contributed by atoms with van der Waals surface area (Å²) in [5.74, 6) is -2.06. The molecule has 110 valence electrons. The third-order valence-electron chi connectivity index (χ3n) is 2.67. The molecule has 0 atom stereocenters. The second-order valence-electron chi connectivity index (χ2n) is 4.10. The summed E-state index contributed by atoms with van der Waals surface area (Å²) in [5.41, 5.74) is -5.96. The van der Waals surface area contributed by atoms with E-state index in [9.17, 15) is 26.4 Å². The maximum atomic E-state index is 12.2. The maximum absolute atomic E-state index is 12.2. The number of hydrogen-bond donors (Lipinski definition) is 1. The van der Waals surface area contributed by atoms with Crippen LogP contribution in [0, 0.1) is 0 Å². The fraction of sp³-hybridized carbons (Fsp3) is 0.700. The van der Waals surface area contributed by atoms with E-state index in [0.717, 1.165) is 6.42 Å². The largest absolute Gasteiger partial charge is 0.534 e. The van der Waals surface area contributed by atoms with E-state index >= 15 is 0 Å². The van der Waals surface area contributed by atoms with E-state index in [0.29, 0.717) is 19.3 Å². The van der Waals surface area contributed by atoms with Gasteiger partial charge in [-0.2, -0.15) is 21.6 Å². The summed E-state index contributed by atoms with van der Waals surface area (Å²) in [7, 11) is -5.81. The predicted molar refractivity (Wildman–Crippen MR) is 58.4 cm³/mol. The van der Waals surface area contributed by atoms with E-state index in [1.807, 2.05) is 0 Å². The van der Waals surface area contributed by atoms with Gasteiger partial charge in [-0.05, 0) is 19.3 Å². The molecule has 0 spiro atoms. The average molecular weight is 302 g/mol. The maximum Gasteiger partial charge on any atom is 0.534 e. The molecule has 0 aromatic rings. The van der Waals surface area contributed by atoms with Gasteiger partial charge in [0.2, 0.25) is 0 Å². The minimum absolute atomic E-state index is 0.00194. The first-order valence-electron chi connectivity index (χ1n) is 5.61. The molecule has 1 N–H and O–H groups in total. The number of carbonyl (C=O) groups is 1. The van der Waals surface area contributed by atoms with Crippen LogP contribution in [0.15, 0.2) is 11.3 Å². The molecule has 1 aliphatic carbocycles. The molecule has 0 saturated heterocycles. The van der Waals surface area contributed by atoms with Crippen LogP contribution in [-0.4, -0.2) is 25.0 Å². The van der Waals surface area contributed by atoms with Crippen molar-refractivity contribution < 1.29 is 35.7 Å². The number of hydrogen-bond acceptors (Lipinski definition) is 4. The lowest BCUT2D eigenvalue weighted by molar-refractivity contribution is -0.133. The van der Waals surface area contributed by atoms with Crippen LogP contribution in [0.1, 0.15) is 38.5 Å². The van der Waals surface area contributed by atoms with Gasteiger partial charge in [0.1, 0.15) is 5.76 Å². The monoisotopic (exact) mass is 302 g/mol. The Hall–Kier alpha value is -1.25. The zero-order valence-corrected chi connectivity index (χ0v) is 10.7. The van der Waals surface area contributed by atoms with Crippen molar-refractivity contribution in [1.29, 1.82) is 0 Å². The van der Waals surface area contributed by atoms with Gasteiger partial charge in [0.05, 0.1) is 5.57 Å². The van der Waals surface area contributed by atoms with E-state index in [-0.39, 0.29) is 12.8 Å². The molecule has 0 aromatic heterocycles. The molecule has 0 aliphatic heterocycles. The number of aliphatic carboxylic acids is 1. The minimum atomic E-state index is -5.81. The Labute approximate surface area is 108 Å². The van der Waals surface area contributed by atoms with Crippen LogP contribution in [0.2, 0.25) is 0 Å². The molecule has 19 heavy (non-hydrogen) atoms. The van der Waals surface area contributed by atoms with Crippen LogP contribution in [0.25, 0.3) is 0 Å². The predicted octanol–water partition coefficient (Wildman–Crippen LogP) is 2.55. The van der Waals surface area contributed by atoms with Crippen molar-refractivity contribution in [3.63, 3.8) is 0 Å². The number of carboxylic acids is 1. The van der Waals surface area contributed by atoms with Crippen molar-refractivity contribution in [1.82, 2.24) is 0 Å². The third-order valence-corrected chi connectivity index (χ3v) is 3.66.